The van der Waals surface area contributed by atoms with Crippen LogP contribution in [0.15, 0.2) is 42.6 Å². The van der Waals surface area contributed by atoms with Crippen LogP contribution in [0.1, 0.15) is 5.56 Å². The van der Waals surface area contributed by atoms with Gasteiger partial charge in [0.25, 0.3) is 0 Å². The molecule has 1 aromatic heterocycles. The molecule has 0 aliphatic carbocycles. The second-order valence-corrected chi connectivity index (χ2v) is 4.65. The normalized spacial score (nSPS) is 10.7. The van der Waals surface area contributed by atoms with Crippen molar-refractivity contribution in [1.82, 2.24) is 10.2 Å². The van der Waals surface area contributed by atoms with Gasteiger partial charge < -0.3 is 10.4 Å². The molecule has 0 spiro atoms. The number of phenols is 1. The summed E-state index contributed by atoms with van der Waals surface area (Å²) >= 11 is 0. The number of benzene rings is 2. The first-order valence-corrected chi connectivity index (χ1v) is 6.33. The van der Waals surface area contributed by atoms with E-state index in [1.54, 1.807) is 12.3 Å². The molecule has 0 radical (unpaired) electrons. The Balaban J connectivity index is 1.77. The molecule has 0 saturated heterocycles. The van der Waals surface area contributed by atoms with E-state index in [2.05, 4.69) is 15.5 Å². The molecule has 1 heterocycles. The fourth-order valence-corrected chi connectivity index (χ4v) is 2.11. The smallest absolute Gasteiger partial charge is 0.228 e. The summed E-state index contributed by atoms with van der Waals surface area (Å²) in [6.45, 7) is 0. The highest BCUT2D eigenvalue weighted by Gasteiger charge is 2.12. The van der Waals surface area contributed by atoms with Crippen LogP contribution in [0.25, 0.3) is 10.9 Å². The number of H-pyrrole nitrogens is 1. The molecule has 0 saturated carbocycles. The van der Waals surface area contributed by atoms with Crippen LogP contribution < -0.4 is 5.32 Å². The number of rotatable bonds is 3. The summed E-state index contributed by atoms with van der Waals surface area (Å²) in [6, 6.07) is 9.31. The number of halogens is 1. The molecule has 0 unspecified atom stereocenters. The average molecular weight is 285 g/mol. The Labute approximate surface area is 119 Å². The number of carbonyl (C=O) groups is 1. The third-order valence-electron chi connectivity index (χ3n) is 3.13. The molecule has 2 aromatic carbocycles. The number of hydrogen-bond donors (Lipinski definition) is 3. The van der Waals surface area contributed by atoms with Gasteiger partial charge in [-0.2, -0.15) is 5.10 Å². The van der Waals surface area contributed by atoms with Crippen molar-refractivity contribution in [2.75, 3.05) is 5.32 Å². The highest BCUT2D eigenvalue weighted by atomic mass is 19.1. The Hall–Kier alpha value is -2.89. The van der Waals surface area contributed by atoms with E-state index in [1.165, 1.54) is 18.2 Å². The van der Waals surface area contributed by atoms with Gasteiger partial charge in [-0.3, -0.25) is 9.89 Å². The van der Waals surface area contributed by atoms with Gasteiger partial charge in [-0.05, 0) is 29.8 Å². The van der Waals surface area contributed by atoms with Crippen molar-refractivity contribution in [2.24, 2.45) is 0 Å². The van der Waals surface area contributed by atoms with Crippen LogP contribution in [0.2, 0.25) is 0 Å². The predicted molar refractivity (Wildman–Crippen MR) is 76.5 cm³/mol. The Bertz CT molecular complexity index is 793. The molecule has 0 aliphatic rings. The molecule has 6 heteroatoms. The Kier molecular flexibility index (Phi) is 3.27. The lowest BCUT2D eigenvalue weighted by Crippen LogP contribution is -2.15. The lowest BCUT2D eigenvalue weighted by atomic mass is 10.1. The molecule has 0 aliphatic heterocycles. The number of aromatic nitrogens is 2. The Morgan fingerprint density at radius 1 is 1.33 bits per heavy atom. The molecule has 21 heavy (non-hydrogen) atoms. The van der Waals surface area contributed by atoms with Crippen LogP contribution >= 0.6 is 0 Å². The zero-order valence-corrected chi connectivity index (χ0v) is 10.9. The summed E-state index contributed by atoms with van der Waals surface area (Å²) in [4.78, 5) is 11.9. The molecule has 106 valence electrons. The van der Waals surface area contributed by atoms with Gasteiger partial charge in [0.15, 0.2) is 5.82 Å². The van der Waals surface area contributed by atoms with E-state index in [0.717, 1.165) is 16.5 Å². The van der Waals surface area contributed by atoms with Gasteiger partial charge in [-0.15, -0.1) is 0 Å². The monoisotopic (exact) mass is 285 g/mol. The number of para-hydroxylation sites is 1. The van der Waals surface area contributed by atoms with Gasteiger partial charge in [0, 0.05) is 5.39 Å². The molecule has 5 nitrogen and oxygen atoms in total. The maximum Gasteiger partial charge on any atom is 0.228 e. The van der Waals surface area contributed by atoms with E-state index in [9.17, 15) is 14.3 Å². The Morgan fingerprint density at radius 3 is 3.00 bits per heavy atom. The van der Waals surface area contributed by atoms with E-state index < -0.39 is 11.7 Å². The fraction of sp³-hybridized carbons (Fsp3) is 0.0667. The maximum absolute atomic E-state index is 13.5. The molecule has 1 amide bonds. The summed E-state index contributed by atoms with van der Waals surface area (Å²) in [6.07, 6.45) is 1.74. The number of amides is 1. The van der Waals surface area contributed by atoms with E-state index in [-0.39, 0.29) is 17.9 Å². The van der Waals surface area contributed by atoms with Crippen molar-refractivity contribution >= 4 is 22.5 Å². The number of fused-ring (bicyclic) bond motifs is 1. The van der Waals surface area contributed by atoms with Crippen molar-refractivity contribution in [3.05, 3.63) is 54.0 Å². The number of nitrogens with one attached hydrogen (secondary N) is 2. The van der Waals surface area contributed by atoms with Crippen molar-refractivity contribution in [2.45, 2.75) is 6.42 Å². The highest BCUT2D eigenvalue weighted by Crippen LogP contribution is 2.26. The minimum Gasteiger partial charge on any atom is -0.506 e. The summed E-state index contributed by atoms with van der Waals surface area (Å²) in [5.74, 6) is -1.37. The number of nitrogens with zero attached hydrogens (tertiary/aromatic N) is 1. The maximum atomic E-state index is 13.5. The van der Waals surface area contributed by atoms with Gasteiger partial charge in [-0.25, -0.2) is 4.39 Å². The second-order valence-electron chi connectivity index (χ2n) is 4.65. The third-order valence-corrected chi connectivity index (χ3v) is 3.13. The summed E-state index contributed by atoms with van der Waals surface area (Å²) in [7, 11) is 0. The van der Waals surface area contributed by atoms with Crippen molar-refractivity contribution in [1.29, 1.82) is 0 Å². The summed E-state index contributed by atoms with van der Waals surface area (Å²) in [5.41, 5.74) is 1.45. The fourth-order valence-electron chi connectivity index (χ4n) is 2.11. The van der Waals surface area contributed by atoms with Gasteiger partial charge in [0.05, 0.1) is 18.1 Å². The highest BCUT2D eigenvalue weighted by molar-refractivity contribution is 5.94. The third kappa shape index (κ3) is 2.69. The largest absolute Gasteiger partial charge is 0.506 e. The average Bonchev–Trinajstić information content (AvgIpc) is 2.90. The van der Waals surface area contributed by atoms with Crippen molar-refractivity contribution in [3.8, 4) is 5.75 Å². The van der Waals surface area contributed by atoms with Gasteiger partial charge in [0.2, 0.25) is 5.91 Å². The first kappa shape index (κ1) is 13.1. The number of phenolic OH excluding ortho intramolecular Hbond substituents is 1. The van der Waals surface area contributed by atoms with Crippen LogP contribution in [0.3, 0.4) is 0 Å². The lowest BCUT2D eigenvalue weighted by Gasteiger charge is -2.08. The standard InChI is InChI=1S/C15H12FN3O2/c16-11-2-1-3-13(20)15(11)18-14(21)7-9-4-5-12-10(6-9)8-17-19-12/h1-6,8,20H,7H2,(H,17,19)(H,18,21). The number of carbonyl (C=O) groups excluding carboxylic acids is 1. The molecular formula is C15H12FN3O2. The molecule has 3 aromatic rings. The topological polar surface area (TPSA) is 78.0 Å². The molecule has 3 rings (SSSR count). The van der Waals surface area contributed by atoms with Gasteiger partial charge in [0.1, 0.15) is 11.4 Å². The predicted octanol–water partition coefficient (Wildman–Crippen LogP) is 2.59. The quantitative estimate of drug-likeness (QED) is 0.647. The molecule has 3 N–H and O–H groups in total. The SMILES string of the molecule is O=C(Cc1ccc2[nH]ncc2c1)Nc1c(O)cccc1F. The van der Waals surface area contributed by atoms with Crippen LogP contribution in [0.4, 0.5) is 10.1 Å². The zero-order chi connectivity index (χ0) is 14.8. The first-order valence-electron chi connectivity index (χ1n) is 6.33. The zero-order valence-electron chi connectivity index (χ0n) is 10.9. The van der Waals surface area contributed by atoms with E-state index >= 15 is 0 Å². The lowest BCUT2D eigenvalue weighted by molar-refractivity contribution is -0.115. The van der Waals surface area contributed by atoms with Crippen LogP contribution in [-0.4, -0.2) is 21.2 Å². The van der Waals surface area contributed by atoms with E-state index in [0.29, 0.717) is 0 Å². The van der Waals surface area contributed by atoms with E-state index in [1.807, 2.05) is 12.1 Å². The second kappa shape index (κ2) is 5.24. The molecule has 0 atom stereocenters. The molecule has 0 bridgehead atoms. The van der Waals surface area contributed by atoms with Gasteiger partial charge >= 0.3 is 0 Å². The van der Waals surface area contributed by atoms with Gasteiger partial charge in [-0.1, -0.05) is 12.1 Å². The number of anilines is 1. The van der Waals surface area contributed by atoms with Crippen LogP contribution in [0.5, 0.6) is 5.75 Å². The summed E-state index contributed by atoms with van der Waals surface area (Å²) in [5, 5.41) is 19.6. The number of aromatic amines is 1. The number of hydrogen-bond acceptors (Lipinski definition) is 3. The van der Waals surface area contributed by atoms with Crippen LogP contribution in [-0.2, 0) is 11.2 Å². The molecule has 0 fully saturated rings. The Morgan fingerprint density at radius 2 is 2.19 bits per heavy atom. The summed E-state index contributed by atoms with van der Waals surface area (Å²) < 4.78 is 13.5. The van der Waals surface area contributed by atoms with E-state index in [4.69, 9.17) is 0 Å². The minimum atomic E-state index is -0.673. The molecular weight excluding hydrogens is 273 g/mol. The first-order chi connectivity index (χ1) is 10.1. The minimum absolute atomic E-state index is 0.0783. The van der Waals surface area contributed by atoms with Crippen molar-refractivity contribution < 1.29 is 14.3 Å². The number of aromatic hydroxyl groups is 1. The van der Waals surface area contributed by atoms with Crippen molar-refractivity contribution in [3.63, 3.8) is 0 Å². The van der Waals surface area contributed by atoms with Crippen LogP contribution in [0, 0.1) is 5.82 Å².